The van der Waals surface area contributed by atoms with E-state index in [1.54, 1.807) is 35.6 Å². The second-order valence-corrected chi connectivity index (χ2v) is 8.67. The Kier molecular flexibility index (Phi) is 10.7. The number of nitrogens with zero attached hydrogens (tertiary/aromatic N) is 5. The van der Waals surface area contributed by atoms with E-state index in [2.05, 4.69) is 44.7 Å². The fraction of sp³-hybridized carbons (Fsp3) is 0.393. The van der Waals surface area contributed by atoms with E-state index in [0.29, 0.717) is 35.4 Å². The van der Waals surface area contributed by atoms with Crippen LogP contribution in [0, 0.1) is 17.8 Å². The molecule has 1 saturated carbocycles. The monoisotopic (exact) mass is 554 g/mol. The van der Waals surface area contributed by atoms with Gasteiger partial charge in [-0.3, -0.25) is 19.5 Å². The van der Waals surface area contributed by atoms with Crippen LogP contribution in [0.4, 0.5) is 20.3 Å². The number of carbonyl (C=O) groups excluding carboxylic acids is 2. The fourth-order valence-electron chi connectivity index (χ4n) is 3.89. The highest BCUT2D eigenvalue weighted by Gasteiger charge is 2.30. The minimum Gasteiger partial charge on any atom is -0.310 e. The van der Waals surface area contributed by atoms with Crippen molar-refractivity contribution in [1.82, 2.24) is 19.9 Å². The van der Waals surface area contributed by atoms with Crippen LogP contribution in [0.5, 0.6) is 0 Å². The summed E-state index contributed by atoms with van der Waals surface area (Å²) < 4.78 is 27.0. The van der Waals surface area contributed by atoms with Gasteiger partial charge >= 0.3 is 0 Å². The molecule has 0 bridgehead atoms. The molecule has 5 rings (SSSR count). The van der Waals surface area contributed by atoms with Crippen LogP contribution in [-0.4, -0.2) is 64.6 Å². The van der Waals surface area contributed by atoms with Crippen LogP contribution in [0.25, 0.3) is 10.8 Å². The molecule has 1 N–H and O–H groups in total. The van der Waals surface area contributed by atoms with Gasteiger partial charge in [0.15, 0.2) is 0 Å². The van der Waals surface area contributed by atoms with E-state index in [9.17, 15) is 18.4 Å². The molecule has 1 aliphatic heterocycles. The Balaban J connectivity index is 0.00000100. The van der Waals surface area contributed by atoms with Gasteiger partial charge in [0.2, 0.25) is 11.8 Å². The van der Waals surface area contributed by atoms with Crippen LogP contribution >= 0.6 is 12.6 Å². The molecular weight excluding hydrogens is 522 g/mol. The van der Waals surface area contributed by atoms with Gasteiger partial charge in [0.05, 0.1) is 24.0 Å². The number of aromatic nitrogens is 3. The first kappa shape index (κ1) is 29.9. The number of hydrogen-bond donors (Lipinski definition) is 2. The van der Waals surface area contributed by atoms with Crippen LogP contribution in [0.15, 0.2) is 36.8 Å². The third kappa shape index (κ3) is 7.49. The number of amides is 2. The molecule has 8 nitrogen and oxygen atoms in total. The molecule has 3 aromatic heterocycles. The topological polar surface area (TPSA) is 91.3 Å². The van der Waals surface area contributed by atoms with Crippen molar-refractivity contribution in [2.75, 3.05) is 43.2 Å². The lowest BCUT2D eigenvalue weighted by molar-refractivity contribution is -0.121. The normalized spacial score (nSPS) is 15.0. The summed E-state index contributed by atoms with van der Waals surface area (Å²) in [4.78, 5) is 40.4. The fourth-order valence-corrected chi connectivity index (χ4v) is 3.89. The van der Waals surface area contributed by atoms with E-state index in [4.69, 9.17) is 0 Å². The van der Waals surface area contributed by atoms with Crippen LogP contribution in [0.3, 0.4) is 0 Å². The number of fused-ring (bicyclic) bond motifs is 1. The molecule has 0 aromatic carbocycles. The molecule has 2 aliphatic rings. The van der Waals surface area contributed by atoms with Gasteiger partial charge in [-0.2, -0.15) is 12.6 Å². The highest BCUT2D eigenvalue weighted by Crippen LogP contribution is 2.32. The predicted molar refractivity (Wildman–Crippen MR) is 152 cm³/mol. The quantitative estimate of drug-likeness (QED) is 0.363. The van der Waals surface area contributed by atoms with Crippen molar-refractivity contribution in [1.29, 1.82) is 0 Å². The first-order chi connectivity index (χ1) is 18.9. The van der Waals surface area contributed by atoms with Gasteiger partial charge in [-0.25, -0.2) is 18.7 Å². The van der Waals surface area contributed by atoms with Crippen LogP contribution in [-0.2, 0) is 9.59 Å². The molecule has 0 atom stereocenters. The number of anilines is 2. The largest absolute Gasteiger partial charge is 0.310 e. The Hall–Kier alpha value is -3.62. The lowest BCUT2D eigenvalue weighted by Gasteiger charge is -2.31. The number of carbonyl (C=O) groups is 2. The maximum absolute atomic E-state index is 13.5. The lowest BCUT2D eigenvalue weighted by Crippen LogP contribution is -2.48. The highest BCUT2D eigenvalue weighted by atomic mass is 32.1. The molecule has 0 radical (unpaired) electrons. The van der Waals surface area contributed by atoms with Crippen LogP contribution in [0.1, 0.15) is 50.1 Å². The maximum atomic E-state index is 13.5. The average Bonchev–Trinajstić information content (AvgIpc) is 3.80. The zero-order valence-corrected chi connectivity index (χ0v) is 23.3. The first-order valence-corrected chi connectivity index (χ1v) is 13.6. The molecule has 0 unspecified atom stereocenters. The first-order valence-electron chi connectivity index (χ1n) is 12.7. The molecule has 11 heteroatoms. The Bertz CT molecular complexity index is 1370. The SMILES string of the molecule is CC.CN1CCN(c2ccc(C#Cc3cnc(C(F)F)c4cnc(NC(=O)C5CC5)cc34)nc2)C(=O)C1.CS. The van der Waals surface area contributed by atoms with Gasteiger partial charge in [-0.1, -0.05) is 19.8 Å². The van der Waals surface area contributed by atoms with Gasteiger partial charge in [-0.15, -0.1) is 0 Å². The predicted octanol–water partition coefficient (Wildman–Crippen LogP) is 4.56. The summed E-state index contributed by atoms with van der Waals surface area (Å²) in [6, 6.07) is 5.04. The Morgan fingerprint density at radius 2 is 1.79 bits per heavy atom. The van der Waals surface area contributed by atoms with E-state index in [-0.39, 0.29) is 28.9 Å². The second-order valence-electron chi connectivity index (χ2n) is 8.67. The summed E-state index contributed by atoms with van der Waals surface area (Å²) in [5.41, 5.74) is 1.17. The highest BCUT2D eigenvalue weighted by molar-refractivity contribution is 7.79. The molecule has 2 fully saturated rings. The number of thiol groups is 1. The van der Waals surface area contributed by atoms with Crippen molar-refractivity contribution in [3.63, 3.8) is 0 Å². The zero-order chi connectivity index (χ0) is 28.5. The molecule has 3 aromatic rings. The lowest BCUT2D eigenvalue weighted by atomic mass is 10.1. The second kappa shape index (κ2) is 14.0. The third-order valence-corrected chi connectivity index (χ3v) is 6.01. The Morgan fingerprint density at radius 1 is 1.05 bits per heavy atom. The molecule has 0 spiro atoms. The van der Waals surface area contributed by atoms with Crippen molar-refractivity contribution < 1.29 is 18.4 Å². The van der Waals surface area contributed by atoms with Gasteiger partial charge in [0, 0.05) is 42.2 Å². The molecule has 2 amide bonds. The van der Waals surface area contributed by atoms with E-state index >= 15 is 0 Å². The number of rotatable bonds is 4. The van der Waals surface area contributed by atoms with Gasteiger partial charge in [0.1, 0.15) is 17.2 Å². The summed E-state index contributed by atoms with van der Waals surface area (Å²) in [6.07, 6.45) is 4.77. The van der Waals surface area contributed by atoms with Crippen LogP contribution in [0.2, 0.25) is 0 Å². The number of nitrogens with one attached hydrogen (secondary N) is 1. The smallest absolute Gasteiger partial charge is 0.281 e. The molecule has 206 valence electrons. The Labute approximate surface area is 232 Å². The summed E-state index contributed by atoms with van der Waals surface area (Å²) in [6.45, 7) is 5.72. The Morgan fingerprint density at radius 3 is 2.41 bits per heavy atom. The standard InChI is InChI=1S/C25H22F2N6O2.C2H6.CH4S/c1-32-8-9-33(22(34)14-32)18-7-6-17(28-12-18)5-4-16-11-30-23(24(26)27)20-13-29-21(10-19(16)20)31-25(35)15-2-3-15;2*1-2/h6-7,10-13,15,24H,2-3,8-9,14H2,1H3,(H,29,31,35);1-2H3;2H,1H3. The molecule has 39 heavy (non-hydrogen) atoms. The van der Waals surface area contributed by atoms with Crippen molar-refractivity contribution in [2.45, 2.75) is 33.1 Å². The minimum atomic E-state index is -2.78. The van der Waals surface area contributed by atoms with Gasteiger partial charge in [-0.05, 0) is 50.3 Å². The summed E-state index contributed by atoms with van der Waals surface area (Å²) >= 11 is 3.53. The van der Waals surface area contributed by atoms with Gasteiger partial charge < -0.3 is 10.2 Å². The number of hydrogen-bond acceptors (Lipinski definition) is 7. The van der Waals surface area contributed by atoms with Crippen molar-refractivity contribution in [3.05, 3.63) is 53.7 Å². The van der Waals surface area contributed by atoms with E-state index < -0.39 is 12.1 Å². The molecular formula is C28H32F2N6O2S. The van der Waals surface area contributed by atoms with Crippen LogP contribution < -0.4 is 10.2 Å². The summed E-state index contributed by atoms with van der Waals surface area (Å²) in [7, 11) is 1.90. The number of halogens is 2. The van der Waals surface area contributed by atoms with Crippen molar-refractivity contribution in [3.8, 4) is 11.8 Å². The van der Waals surface area contributed by atoms with E-state index in [0.717, 1.165) is 19.4 Å². The number of pyridine rings is 3. The molecule has 1 aliphatic carbocycles. The van der Waals surface area contributed by atoms with Crippen molar-refractivity contribution >= 4 is 46.7 Å². The molecule has 4 heterocycles. The summed E-state index contributed by atoms with van der Waals surface area (Å²) in [5.74, 6) is 6.03. The van der Waals surface area contributed by atoms with Gasteiger partial charge in [0.25, 0.3) is 6.43 Å². The average molecular weight is 555 g/mol. The maximum Gasteiger partial charge on any atom is 0.281 e. The number of piperazine rings is 1. The van der Waals surface area contributed by atoms with E-state index in [1.807, 2.05) is 25.8 Å². The summed E-state index contributed by atoms with van der Waals surface area (Å²) in [5, 5.41) is 3.33. The third-order valence-electron chi connectivity index (χ3n) is 6.01. The zero-order valence-electron chi connectivity index (χ0n) is 22.4. The minimum absolute atomic E-state index is 0.00855. The van der Waals surface area contributed by atoms with Crippen molar-refractivity contribution in [2.24, 2.45) is 5.92 Å². The van der Waals surface area contributed by atoms with E-state index in [1.165, 1.54) is 12.4 Å². The number of alkyl halides is 2. The number of likely N-dealkylation sites (N-methyl/N-ethyl adjacent to an activating group) is 1. The molecule has 1 saturated heterocycles.